The minimum atomic E-state index is -4.58. The highest BCUT2D eigenvalue weighted by Crippen LogP contribution is 2.38. The van der Waals surface area contributed by atoms with Crippen LogP contribution in [0.3, 0.4) is 0 Å². The maximum atomic E-state index is 13.6. The van der Waals surface area contributed by atoms with Crippen LogP contribution < -0.4 is 5.32 Å². The molecular weight excluding hydrogens is 591 g/mol. The molecule has 186 valence electrons. The number of benzene rings is 2. The molecule has 0 saturated heterocycles. The topological polar surface area (TPSA) is 29.1 Å². The van der Waals surface area contributed by atoms with Crippen LogP contribution in [-0.4, -0.2) is 35.8 Å². The molecule has 0 spiro atoms. The first kappa shape index (κ1) is 28.9. The molecule has 0 radical (unpaired) electrons. The Hall–Kier alpha value is -1.36. The van der Waals surface area contributed by atoms with E-state index in [1.54, 1.807) is 6.92 Å². The Morgan fingerprint density at radius 1 is 1.09 bits per heavy atom. The van der Waals surface area contributed by atoms with Gasteiger partial charge in [-0.1, -0.05) is 47.5 Å². The molecule has 0 saturated carbocycles. The third-order valence-corrected chi connectivity index (χ3v) is 7.05. The van der Waals surface area contributed by atoms with Crippen LogP contribution >= 0.6 is 50.9 Å². The van der Waals surface area contributed by atoms with E-state index in [4.69, 9.17) is 23.2 Å². The first-order chi connectivity index (χ1) is 15.7. The molecule has 2 rings (SSSR count). The minimum absolute atomic E-state index is 0.00552. The second-order valence-corrected chi connectivity index (χ2v) is 10.00. The summed E-state index contributed by atoms with van der Waals surface area (Å²) in [6, 6.07) is 7.51. The van der Waals surface area contributed by atoms with Crippen LogP contribution in [0, 0.1) is 0 Å². The predicted octanol–water partition coefficient (Wildman–Crippen LogP) is 8.53. The van der Waals surface area contributed by atoms with Crippen LogP contribution in [0.5, 0.6) is 0 Å². The lowest BCUT2D eigenvalue weighted by atomic mass is 9.97. The zero-order valence-corrected chi connectivity index (χ0v) is 21.3. The van der Waals surface area contributed by atoms with Crippen molar-refractivity contribution in [3.8, 4) is 0 Å². The Bertz CT molecular complexity index is 1050. The molecule has 2 aromatic carbocycles. The van der Waals surface area contributed by atoms with Gasteiger partial charge in [-0.15, -0.1) is 0 Å². The number of hydrogen-bond acceptors (Lipinski definition) is 2. The molecule has 2 aromatic rings. The third kappa shape index (κ3) is 9.02. The van der Waals surface area contributed by atoms with E-state index in [9.17, 15) is 31.1 Å². The fourth-order valence-electron chi connectivity index (χ4n) is 2.84. The van der Waals surface area contributed by atoms with E-state index < -0.39 is 36.0 Å². The highest BCUT2D eigenvalue weighted by Gasteiger charge is 2.39. The second kappa shape index (κ2) is 12.1. The number of thioether (sulfide) groups is 1. The number of amides is 1. The van der Waals surface area contributed by atoms with Gasteiger partial charge in [0.05, 0.1) is 27.3 Å². The van der Waals surface area contributed by atoms with Gasteiger partial charge in [0.1, 0.15) is 0 Å². The average molecular weight is 609 g/mol. The SMILES string of the molecule is CC(CSCC(F)(F)F)NC(=O)c1ccc(/C=C/C(c2ccc(Cl)c(Cl)c2)C(F)(F)F)cc1Br. The summed E-state index contributed by atoms with van der Waals surface area (Å²) in [7, 11) is 0. The van der Waals surface area contributed by atoms with Gasteiger partial charge < -0.3 is 5.32 Å². The zero-order valence-electron chi connectivity index (χ0n) is 17.4. The first-order valence-electron chi connectivity index (χ1n) is 9.62. The standard InChI is InChI=1S/C22H18BrCl2F6NOS/c1-12(10-34-11-21(26,27)28)32-20(33)15-5-2-13(8-17(15)23)3-6-16(22(29,30)31)14-4-7-18(24)19(25)9-14/h2-9,12,16H,10-11H2,1H3,(H,32,33)/b6-3+. The summed E-state index contributed by atoms with van der Waals surface area (Å²) < 4.78 is 77.9. The molecule has 0 aliphatic rings. The highest BCUT2D eigenvalue weighted by molar-refractivity contribution is 9.10. The summed E-state index contributed by atoms with van der Waals surface area (Å²) >= 11 is 15.5. The minimum Gasteiger partial charge on any atom is -0.349 e. The van der Waals surface area contributed by atoms with Gasteiger partial charge in [-0.3, -0.25) is 4.79 Å². The summed E-state index contributed by atoms with van der Waals surface area (Å²) in [5.41, 5.74) is 0.513. The van der Waals surface area contributed by atoms with Crippen molar-refractivity contribution in [1.82, 2.24) is 5.32 Å². The van der Waals surface area contributed by atoms with Crippen molar-refractivity contribution in [2.24, 2.45) is 0 Å². The van der Waals surface area contributed by atoms with E-state index in [-0.39, 0.29) is 26.9 Å². The average Bonchev–Trinajstić information content (AvgIpc) is 2.68. The van der Waals surface area contributed by atoms with Crippen molar-refractivity contribution in [3.63, 3.8) is 0 Å². The molecular formula is C22H18BrCl2F6NOS. The molecule has 12 heteroatoms. The van der Waals surface area contributed by atoms with E-state index >= 15 is 0 Å². The Morgan fingerprint density at radius 2 is 1.76 bits per heavy atom. The van der Waals surface area contributed by atoms with Crippen LogP contribution in [0.2, 0.25) is 10.0 Å². The smallest absolute Gasteiger partial charge is 0.349 e. The van der Waals surface area contributed by atoms with Gasteiger partial charge in [0, 0.05) is 16.3 Å². The van der Waals surface area contributed by atoms with Gasteiger partial charge >= 0.3 is 12.4 Å². The lowest BCUT2D eigenvalue weighted by Crippen LogP contribution is -2.34. The van der Waals surface area contributed by atoms with Crippen molar-refractivity contribution < 1.29 is 31.1 Å². The number of allylic oxidation sites excluding steroid dienone is 1. The molecule has 0 aliphatic carbocycles. The van der Waals surface area contributed by atoms with Gasteiger partial charge in [-0.25, -0.2) is 0 Å². The molecule has 0 aliphatic heterocycles. The maximum Gasteiger partial charge on any atom is 0.399 e. The van der Waals surface area contributed by atoms with Gasteiger partial charge in [-0.05, 0) is 58.2 Å². The quantitative estimate of drug-likeness (QED) is 0.304. The van der Waals surface area contributed by atoms with E-state index in [0.29, 0.717) is 21.8 Å². The summed E-state index contributed by atoms with van der Waals surface area (Å²) in [4.78, 5) is 12.4. The molecule has 2 atom stereocenters. The van der Waals surface area contributed by atoms with E-state index in [1.165, 1.54) is 36.4 Å². The van der Waals surface area contributed by atoms with Crippen molar-refractivity contribution in [2.75, 3.05) is 11.5 Å². The van der Waals surface area contributed by atoms with Gasteiger partial charge in [0.25, 0.3) is 5.91 Å². The molecule has 34 heavy (non-hydrogen) atoms. The number of alkyl halides is 6. The van der Waals surface area contributed by atoms with E-state index in [2.05, 4.69) is 21.2 Å². The van der Waals surface area contributed by atoms with Crippen LogP contribution in [0.25, 0.3) is 6.08 Å². The zero-order chi connectivity index (χ0) is 25.7. The van der Waals surface area contributed by atoms with Gasteiger partial charge in [0.15, 0.2) is 0 Å². The first-order valence-corrected chi connectivity index (χ1v) is 12.3. The maximum absolute atomic E-state index is 13.6. The number of carbonyl (C=O) groups is 1. The molecule has 0 bridgehead atoms. The van der Waals surface area contributed by atoms with Crippen LogP contribution in [-0.2, 0) is 0 Å². The Morgan fingerprint density at radius 3 is 2.32 bits per heavy atom. The van der Waals surface area contributed by atoms with E-state index in [0.717, 1.165) is 12.1 Å². The van der Waals surface area contributed by atoms with Gasteiger partial charge in [-0.2, -0.15) is 38.1 Å². The van der Waals surface area contributed by atoms with Crippen molar-refractivity contribution in [3.05, 3.63) is 73.7 Å². The van der Waals surface area contributed by atoms with E-state index in [1.807, 2.05) is 0 Å². The summed E-state index contributed by atoms with van der Waals surface area (Å²) in [5, 5.41) is 2.74. The molecule has 1 N–H and O–H groups in total. The van der Waals surface area contributed by atoms with Gasteiger partial charge in [0.2, 0.25) is 0 Å². The largest absolute Gasteiger partial charge is 0.399 e. The molecule has 0 fully saturated rings. The Kier molecular flexibility index (Phi) is 10.2. The van der Waals surface area contributed by atoms with Crippen molar-refractivity contribution in [1.29, 1.82) is 0 Å². The van der Waals surface area contributed by atoms with Crippen molar-refractivity contribution >= 4 is 62.9 Å². The number of halogens is 9. The molecule has 2 nitrogen and oxygen atoms in total. The summed E-state index contributed by atoms with van der Waals surface area (Å²) in [6.45, 7) is 1.58. The monoisotopic (exact) mass is 607 g/mol. The summed E-state index contributed by atoms with van der Waals surface area (Å²) in [5.74, 6) is -3.40. The lowest BCUT2D eigenvalue weighted by Gasteiger charge is -2.18. The number of rotatable bonds is 8. The number of carbonyl (C=O) groups excluding carboxylic acids is 1. The Balaban J connectivity index is 2.12. The highest BCUT2D eigenvalue weighted by atomic mass is 79.9. The fraction of sp³-hybridized carbons (Fsp3) is 0.318. The lowest BCUT2D eigenvalue weighted by molar-refractivity contribution is -0.139. The normalized spacial score (nSPS) is 14.3. The third-order valence-electron chi connectivity index (χ3n) is 4.39. The summed E-state index contributed by atoms with van der Waals surface area (Å²) in [6.07, 6.45) is -6.62. The fourth-order valence-corrected chi connectivity index (χ4v) is 4.51. The number of nitrogens with one attached hydrogen (secondary N) is 1. The van der Waals surface area contributed by atoms with Crippen LogP contribution in [0.4, 0.5) is 26.3 Å². The number of hydrogen-bond donors (Lipinski definition) is 1. The molecule has 1 amide bonds. The molecule has 0 aromatic heterocycles. The Labute approximate surface area is 215 Å². The van der Waals surface area contributed by atoms with Crippen LogP contribution in [0.1, 0.15) is 34.3 Å². The second-order valence-electron chi connectivity index (χ2n) is 7.30. The predicted molar refractivity (Wildman–Crippen MR) is 129 cm³/mol. The van der Waals surface area contributed by atoms with Crippen molar-refractivity contribution in [2.45, 2.75) is 31.2 Å². The molecule has 0 heterocycles. The van der Waals surface area contributed by atoms with Crippen LogP contribution in [0.15, 0.2) is 46.9 Å². The molecule has 2 unspecified atom stereocenters.